The van der Waals surface area contributed by atoms with Crippen LogP contribution in [0.5, 0.6) is 0 Å². The van der Waals surface area contributed by atoms with Crippen molar-refractivity contribution in [3.05, 3.63) is 34.5 Å². The van der Waals surface area contributed by atoms with Crippen LogP contribution >= 0.6 is 0 Å². The number of carbonyl (C=O) groups excluding carboxylic acids is 3. The minimum atomic E-state index is -1.27. The normalized spacial score (nSPS) is 24.8. The van der Waals surface area contributed by atoms with Crippen molar-refractivity contribution in [3.63, 3.8) is 0 Å². The molecule has 4 rings (SSSR count). The highest BCUT2D eigenvalue weighted by atomic mass is 16.6. The molecule has 2 fully saturated rings. The van der Waals surface area contributed by atoms with E-state index < -0.39 is 28.4 Å². The van der Waals surface area contributed by atoms with Crippen LogP contribution in [0.4, 0.5) is 5.69 Å². The highest BCUT2D eigenvalue weighted by molar-refractivity contribution is 6.02. The highest BCUT2D eigenvalue weighted by Gasteiger charge is 2.49. The van der Waals surface area contributed by atoms with Gasteiger partial charge in [0.2, 0.25) is 5.91 Å². The van der Waals surface area contributed by atoms with E-state index in [1.165, 1.54) is 0 Å². The van der Waals surface area contributed by atoms with Crippen LogP contribution in [-0.2, 0) is 25.6 Å². The summed E-state index contributed by atoms with van der Waals surface area (Å²) in [7, 11) is 0. The predicted octanol–water partition coefficient (Wildman–Crippen LogP) is -0.518. The van der Waals surface area contributed by atoms with Crippen molar-refractivity contribution >= 4 is 23.4 Å². The van der Waals surface area contributed by atoms with Crippen molar-refractivity contribution in [2.45, 2.75) is 25.4 Å². The van der Waals surface area contributed by atoms with Gasteiger partial charge in [0.15, 0.2) is 6.04 Å². The Labute approximate surface area is 217 Å². The Morgan fingerprint density at radius 3 is 2.35 bits per heavy atom. The molecule has 12 heteroatoms. The zero-order valence-corrected chi connectivity index (χ0v) is 21.3. The van der Waals surface area contributed by atoms with Crippen molar-refractivity contribution < 1.29 is 28.5 Å². The number of quaternary nitrogens is 1. The lowest BCUT2D eigenvalue weighted by molar-refractivity contribution is -0.825. The summed E-state index contributed by atoms with van der Waals surface area (Å²) in [5.41, 5.74) is 7.17. The van der Waals surface area contributed by atoms with Gasteiger partial charge in [-0.15, -0.1) is 0 Å². The number of rotatable bonds is 13. The quantitative estimate of drug-likeness (QED) is 0.135. The summed E-state index contributed by atoms with van der Waals surface area (Å²) in [5.74, 6) is -1.70. The second-order valence-electron chi connectivity index (χ2n) is 9.72. The number of hydroxylamine groups is 3. The van der Waals surface area contributed by atoms with Gasteiger partial charge in [-0.1, -0.05) is 0 Å². The van der Waals surface area contributed by atoms with Crippen LogP contribution in [-0.4, -0.2) is 117 Å². The zero-order chi connectivity index (χ0) is 26.3. The number of ether oxygens (including phenoxy) is 2. The lowest BCUT2D eigenvalue weighted by atomic mass is 10.0. The Hall–Kier alpha value is -2.45. The molecule has 0 aliphatic carbocycles. The Morgan fingerprint density at radius 2 is 1.70 bits per heavy atom. The van der Waals surface area contributed by atoms with Gasteiger partial charge < -0.3 is 25.7 Å². The number of hydrogen-bond donors (Lipinski definition) is 3. The van der Waals surface area contributed by atoms with E-state index >= 15 is 0 Å². The van der Waals surface area contributed by atoms with Crippen molar-refractivity contribution in [1.29, 1.82) is 0 Å². The molecule has 3 aliphatic heterocycles. The van der Waals surface area contributed by atoms with E-state index in [-0.39, 0.29) is 19.4 Å². The number of nitrogens with one attached hydrogen (secondary N) is 2. The topological polar surface area (TPSA) is 149 Å². The number of carbonyl (C=O) groups is 3. The molecule has 3 aliphatic rings. The van der Waals surface area contributed by atoms with Gasteiger partial charge in [-0.25, -0.2) is 4.79 Å². The smallest absolute Gasteiger partial charge is 0.347 e. The molecule has 0 radical (unpaired) electrons. The summed E-state index contributed by atoms with van der Waals surface area (Å²) in [6.45, 7) is 9.50. The Bertz CT molecular complexity index is 969. The van der Waals surface area contributed by atoms with E-state index in [1.54, 1.807) is 18.2 Å². The third kappa shape index (κ3) is 6.90. The first-order valence-corrected chi connectivity index (χ1v) is 13.0. The van der Waals surface area contributed by atoms with Crippen LogP contribution in [0.3, 0.4) is 0 Å². The molecule has 0 saturated carbocycles. The monoisotopic (exact) mass is 518 g/mol. The van der Waals surface area contributed by atoms with Crippen LogP contribution in [0.25, 0.3) is 0 Å². The fourth-order valence-electron chi connectivity index (χ4n) is 5.08. The summed E-state index contributed by atoms with van der Waals surface area (Å²) in [6.07, 6.45) is 0.145. The Kier molecular flexibility index (Phi) is 9.60. The Morgan fingerprint density at radius 1 is 1.03 bits per heavy atom. The zero-order valence-electron chi connectivity index (χ0n) is 21.3. The molecule has 2 unspecified atom stereocenters. The van der Waals surface area contributed by atoms with Crippen LogP contribution in [0.1, 0.15) is 28.8 Å². The molecule has 1 aromatic carbocycles. The number of piperazine rings is 1. The molecule has 3 amide bonds. The number of benzene rings is 1. The van der Waals surface area contributed by atoms with E-state index in [9.17, 15) is 19.6 Å². The Balaban J connectivity index is 1.13. The minimum Gasteiger partial charge on any atom is -0.624 e. The molecule has 204 valence electrons. The van der Waals surface area contributed by atoms with Gasteiger partial charge in [0, 0.05) is 76.5 Å². The molecule has 12 nitrogen and oxygen atoms in total. The molecule has 2 atom stereocenters. The van der Waals surface area contributed by atoms with Crippen LogP contribution < -0.4 is 16.4 Å². The summed E-state index contributed by atoms with van der Waals surface area (Å²) < 4.78 is 9.98. The van der Waals surface area contributed by atoms with Crippen LogP contribution in [0.2, 0.25) is 0 Å². The van der Waals surface area contributed by atoms with Gasteiger partial charge in [-0.05, 0) is 18.2 Å². The number of imide groups is 1. The molecule has 0 spiro atoms. The van der Waals surface area contributed by atoms with E-state index in [1.807, 2.05) is 0 Å². The van der Waals surface area contributed by atoms with Crippen LogP contribution in [0.15, 0.2) is 18.2 Å². The van der Waals surface area contributed by atoms with Gasteiger partial charge in [0.25, 0.3) is 5.91 Å². The van der Waals surface area contributed by atoms with E-state index in [0.29, 0.717) is 44.0 Å². The molecule has 1 aromatic rings. The molecule has 2 saturated heterocycles. The fraction of sp³-hybridized carbons (Fsp3) is 0.640. The molecular weight excluding hydrogens is 480 g/mol. The fourth-order valence-corrected chi connectivity index (χ4v) is 5.08. The number of fused-ring (bicyclic) bond motifs is 1. The summed E-state index contributed by atoms with van der Waals surface area (Å²) in [6, 6.07) is 4.09. The van der Waals surface area contributed by atoms with Gasteiger partial charge >= 0.3 is 5.91 Å². The second kappa shape index (κ2) is 12.9. The molecule has 4 N–H and O–H groups in total. The molecule has 0 aromatic heterocycles. The lowest BCUT2D eigenvalue weighted by Gasteiger charge is -2.42. The van der Waals surface area contributed by atoms with Gasteiger partial charge in [0.1, 0.15) is 6.54 Å². The first-order chi connectivity index (χ1) is 17.9. The van der Waals surface area contributed by atoms with Gasteiger partial charge in [-0.2, -0.15) is 0 Å². The molecular formula is C25H38N6O6. The summed E-state index contributed by atoms with van der Waals surface area (Å²) in [5, 5.41) is 18.8. The summed E-state index contributed by atoms with van der Waals surface area (Å²) >= 11 is 0. The van der Waals surface area contributed by atoms with E-state index in [0.717, 1.165) is 51.6 Å². The van der Waals surface area contributed by atoms with E-state index in [4.69, 9.17) is 15.2 Å². The van der Waals surface area contributed by atoms with Crippen molar-refractivity contribution in [3.8, 4) is 0 Å². The standard InChI is InChI=1S/C25H38N6O6/c26-5-13-36-15-11-29-7-9-30(10-8-29)12-16-37-14-6-27-20-1-2-21-19(17-20)18-31(35,25(21)34)22-3-4-23(32)28-24(22)33/h1-2,17,22,27H,3-16,18,26H2,(H,28,32,33). The number of nitrogens with zero attached hydrogens (tertiary/aromatic N) is 3. The predicted molar refractivity (Wildman–Crippen MR) is 136 cm³/mol. The SMILES string of the molecule is NCCOCCN1CCN(CCOCCNc2ccc3c(c2)C[N+]([O-])(C2CCC(=O)NC2=O)C3=O)CC1. The van der Waals surface area contributed by atoms with Crippen LogP contribution in [0, 0.1) is 5.21 Å². The number of piperidine rings is 1. The number of amides is 3. The van der Waals surface area contributed by atoms with Crippen molar-refractivity contribution in [2.24, 2.45) is 5.73 Å². The maximum absolute atomic E-state index is 13.4. The first kappa shape index (κ1) is 27.6. The number of hydrogen-bond acceptors (Lipinski definition) is 10. The second-order valence-corrected chi connectivity index (χ2v) is 9.72. The first-order valence-electron chi connectivity index (χ1n) is 13.0. The largest absolute Gasteiger partial charge is 0.624 e. The lowest BCUT2D eigenvalue weighted by Crippen LogP contribution is -2.60. The third-order valence-electron chi connectivity index (χ3n) is 7.20. The average Bonchev–Trinajstić information content (AvgIpc) is 3.14. The van der Waals surface area contributed by atoms with Crippen molar-refractivity contribution in [2.75, 3.05) is 84.1 Å². The molecule has 37 heavy (non-hydrogen) atoms. The van der Waals surface area contributed by atoms with Gasteiger partial charge in [0.05, 0.1) is 32.0 Å². The maximum atomic E-state index is 13.4. The molecule has 3 heterocycles. The summed E-state index contributed by atoms with van der Waals surface area (Å²) in [4.78, 5) is 41.3. The number of nitrogens with two attached hydrogens (primary N) is 1. The molecule has 0 bridgehead atoms. The van der Waals surface area contributed by atoms with Crippen molar-refractivity contribution in [1.82, 2.24) is 15.1 Å². The third-order valence-corrected chi connectivity index (χ3v) is 7.20. The number of anilines is 1. The minimum absolute atomic E-state index is 0.0658. The van der Waals surface area contributed by atoms with E-state index in [2.05, 4.69) is 20.4 Å². The van der Waals surface area contributed by atoms with Gasteiger partial charge in [-0.3, -0.25) is 29.4 Å². The average molecular weight is 519 g/mol. The maximum Gasteiger partial charge on any atom is 0.347 e. The highest BCUT2D eigenvalue weighted by Crippen LogP contribution is 2.35.